The molecule has 0 saturated carbocycles. The molecule has 1 atom stereocenters. The number of nitrogens with two attached hydrogens (primary N) is 1. The highest BCUT2D eigenvalue weighted by molar-refractivity contribution is 6.02. The monoisotopic (exact) mass is 489 g/mol. The largest absolute Gasteiger partial charge is 0.396 e. The Bertz CT molecular complexity index is 1540. The number of imidazole rings is 1. The van der Waals surface area contributed by atoms with Gasteiger partial charge >= 0.3 is 0 Å². The predicted octanol–water partition coefficient (Wildman–Crippen LogP) is 2.21. The third-order valence-electron chi connectivity index (χ3n) is 6.83. The quantitative estimate of drug-likeness (QED) is 0.371. The van der Waals surface area contributed by atoms with Crippen LogP contribution >= 0.6 is 0 Å². The second kappa shape index (κ2) is 8.12. The number of aliphatic imine (C=N–C) groups is 1. The molecule has 4 aromatic rings. The molecule has 3 aromatic heterocycles. The van der Waals surface area contributed by atoms with Gasteiger partial charge < -0.3 is 25.6 Å². The minimum Gasteiger partial charge on any atom is -0.396 e. The van der Waals surface area contributed by atoms with E-state index < -0.39 is 11.4 Å². The molecule has 4 N–H and O–H groups in total. The van der Waals surface area contributed by atoms with Gasteiger partial charge in [-0.3, -0.25) is 9.48 Å². The number of hydrogen-bond acceptors (Lipinski definition) is 8. The Balaban J connectivity index is 1.35. The number of anilines is 4. The smallest absolute Gasteiger partial charge is 0.249 e. The van der Waals surface area contributed by atoms with Crippen molar-refractivity contribution < 1.29 is 14.3 Å². The number of fused-ring (bicyclic) bond motifs is 3. The number of aromatic nitrogens is 5. The molecule has 0 bridgehead atoms. The zero-order valence-electron chi connectivity index (χ0n) is 19.5. The molecule has 6 rings (SSSR count). The van der Waals surface area contributed by atoms with Gasteiger partial charge in [0.25, 0.3) is 0 Å². The highest BCUT2D eigenvalue weighted by Crippen LogP contribution is 2.37. The van der Waals surface area contributed by atoms with E-state index in [0.29, 0.717) is 29.0 Å². The summed E-state index contributed by atoms with van der Waals surface area (Å²) < 4.78 is 19.4. The number of nitrogen functional groups attached to an aromatic ring is 1. The number of carbonyl (C=O) groups excluding carboxylic acids is 1. The van der Waals surface area contributed by atoms with E-state index in [1.807, 2.05) is 16.9 Å². The van der Waals surface area contributed by atoms with Crippen molar-refractivity contribution in [2.45, 2.75) is 38.4 Å². The number of pyridine rings is 1. The summed E-state index contributed by atoms with van der Waals surface area (Å²) >= 11 is 0. The Morgan fingerprint density at radius 1 is 1.25 bits per heavy atom. The van der Waals surface area contributed by atoms with Crippen molar-refractivity contribution >= 4 is 46.0 Å². The van der Waals surface area contributed by atoms with E-state index in [1.54, 1.807) is 25.3 Å². The van der Waals surface area contributed by atoms with Gasteiger partial charge in [-0.2, -0.15) is 5.10 Å². The molecule has 1 unspecified atom stereocenters. The fourth-order valence-corrected chi connectivity index (χ4v) is 4.78. The minimum atomic E-state index is -1.04. The summed E-state index contributed by atoms with van der Waals surface area (Å²) in [5.41, 5.74) is 6.22. The maximum Gasteiger partial charge on any atom is 0.249 e. The van der Waals surface area contributed by atoms with Crippen LogP contribution in [0, 0.1) is 5.82 Å². The maximum absolute atomic E-state index is 15.3. The molecule has 0 radical (unpaired) electrons. The zero-order valence-corrected chi connectivity index (χ0v) is 19.5. The number of hydrogen-bond donors (Lipinski definition) is 3. The van der Waals surface area contributed by atoms with Crippen molar-refractivity contribution in [2.75, 3.05) is 22.6 Å². The molecular weight excluding hydrogens is 465 g/mol. The standard InChI is InChI=1S/C24H24FN9O2/c1-24(12-35)9-21(36)29-13-33(24)17-6-14-7-18(28-10-16(14)23(26)22(17)25)30-19-8-15-2-4-32-5-3-27-20(32)11-34(15)31-19/h3,5-8,10,13,35H,2,4,9,11-12,26H2,1H3,(H,28,30,31). The number of amides is 1. The number of rotatable bonds is 4. The molecule has 12 heteroatoms. The van der Waals surface area contributed by atoms with Gasteiger partial charge in [-0.05, 0) is 24.4 Å². The average molecular weight is 490 g/mol. The van der Waals surface area contributed by atoms with Crippen LogP contribution in [0.4, 0.5) is 27.4 Å². The lowest BCUT2D eigenvalue weighted by Crippen LogP contribution is -2.53. The summed E-state index contributed by atoms with van der Waals surface area (Å²) in [5, 5.41) is 18.9. The van der Waals surface area contributed by atoms with Crippen LogP contribution in [0.25, 0.3) is 10.8 Å². The molecule has 184 valence electrons. The second-order valence-electron chi connectivity index (χ2n) is 9.34. The fraction of sp³-hybridized carbons (Fsp3) is 0.292. The topological polar surface area (TPSA) is 139 Å². The number of benzene rings is 1. The minimum absolute atomic E-state index is 0.0498. The molecule has 36 heavy (non-hydrogen) atoms. The van der Waals surface area contributed by atoms with Crippen LogP contribution in [0.5, 0.6) is 0 Å². The molecule has 1 aromatic carbocycles. The van der Waals surface area contributed by atoms with Crippen LogP contribution in [0.15, 0.2) is 41.8 Å². The number of halogens is 1. The van der Waals surface area contributed by atoms with Crippen molar-refractivity contribution in [1.29, 1.82) is 0 Å². The first kappa shape index (κ1) is 22.2. The number of aryl methyl sites for hydroxylation is 2. The van der Waals surface area contributed by atoms with E-state index in [1.165, 1.54) is 17.4 Å². The van der Waals surface area contributed by atoms with Gasteiger partial charge in [-0.15, -0.1) is 0 Å². The Kier molecular flexibility index (Phi) is 5.00. The Morgan fingerprint density at radius 2 is 2.11 bits per heavy atom. The Labute approximate surface area is 205 Å². The van der Waals surface area contributed by atoms with Gasteiger partial charge in [0.05, 0.1) is 42.8 Å². The molecule has 0 spiro atoms. The molecule has 2 aliphatic rings. The summed E-state index contributed by atoms with van der Waals surface area (Å²) in [6.45, 7) is 2.72. The highest BCUT2D eigenvalue weighted by Gasteiger charge is 2.38. The molecule has 0 aliphatic carbocycles. The molecule has 0 saturated heterocycles. The first-order chi connectivity index (χ1) is 17.3. The third kappa shape index (κ3) is 3.57. The summed E-state index contributed by atoms with van der Waals surface area (Å²) in [6, 6.07) is 5.36. The first-order valence-electron chi connectivity index (χ1n) is 11.5. The molecule has 0 fully saturated rings. The molecular formula is C24H24FN9O2. The highest BCUT2D eigenvalue weighted by atomic mass is 19.1. The molecule has 5 heterocycles. The van der Waals surface area contributed by atoms with Crippen molar-refractivity contribution in [3.05, 3.63) is 54.1 Å². The lowest BCUT2D eigenvalue weighted by molar-refractivity contribution is -0.119. The van der Waals surface area contributed by atoms with E-state index in [0.717, 1.165) is 24.5 Å². The number of aliphatic hydroxyl groups is 1. The number of nitrogens with one attached hydrogen (secondary N) is 1. The van der Waals surface area contributed by atoms with Crippen molar-refractivity contribution in [3.63, 3.8) is 0 Å². The maximum atomic E-state index is 15.3. The third-order valence-corrected chi connectivity index (χ3v) is 6.83. The SMILES string of the molecule is CC1(CO)CC(=O)N=CN1c1cc2cc(Nc3cc4n(n3)Cc3nccn3CC4)ncc2c(N)c1F. The van der Waals surface area contributed by atoms with E-state index >= 15 is 4.39 Å². The predicted molar refractivity (Wildman–Crippen MR) is 133 cm³/mol. The van der Waals surface area contributed by atoms with Crippen LogP contribution in [0.2, 0.25) is 0 Å². The van der Waals surface area contributed by atoms with Crippen molar-refractivity contribution in [3.8, 4) is 0 Å². The summed E-state index contributed by atoms with van der Waals surface area (Å²) in [7, 11) is 0. The van der Waals surface area contributed by atoms with E-state index in [2.05, 4.69) is 29.9 Å². The van der Waals surface area contributed by atoms with E-state index in [-0.39, 0.29) is 30.3 Å². The molecule has 1 amide bonds. The molecule has 11 nitrogen and oxygen atoms in total. The first-order valence-corrected chi connectivity index (χ1v) is 11.5. The Morgan fingerprint density at radius 3 is 2.94 bits per heavy atom. The summed E-state index contributed by atoms with van der Waals surface area (Å²) in [6.07, 6.45) is 7.30. The number of carbonyl (C=O) groups is 1. The second-order valence-corrected chi connectivity index (χ2v) is 9.34. The average Bonchev–Trinajstić information content (AvgIpc) is 3.43. The number of nitrogens with zero attached hydrogens (tertiary/aromatic N) is 7. The summed E-state index contributed by atoms with van der Waals surface area (Å²) in [4.78, 5) is 25.9. The normalized spacial score (nSPS) is 19.3. The lowest BCUT2D eigenvalue weighted by Gasteiger charge is -2.40. The van der Waals surface area contributed by atoms with Crippen molar-refractivity contribution in [2.24, 2.45) is 4.99 Å². The lowest BCUT2D eigenvalue weighted by atomic mass is 9.93. The van der Waals surface area contributed by atoms with Gasteiger partial charge in [0.2, 0.25) is 5.91 Å². The van der Waals surface area contributed by atoms with Gasteiger partial charge in [-0.1, -0.05) is 0 Å². The van der Waals surface area contributed by atoms with Gasteiger partial charge in [0.15, 0.2) is 11.6 Å². The Hall–Kier alpha value is -4.32. The number of aliphatic hydroxyl groups excluding tert-OH is 1. The van der Waals surface area contributed by atoms with Crippen LogP contribution in [-0.2, 0) is 24.3 Å². The van der Waals surface area contributed by atoms with Crippen LogP contribution in [0.3, 0.4) is 0 Å². The van der Waals surface area contributed by atoms with E-state index in [9.17, 15) is 9.90 Å². The van der Waals surface area contributed by atoms with Crippen LogP contribution < -0.4 is 16.0 Å². The van der Waals surface area contributed by atoms with Gasteiger partial charge in [-0.25, -0.2) is 19.4 Å². The van der Waals surface area contributed by atoms with Crippen LogP contribution in [0.1, 0.15) is 24.9 Å². The zero-order chi connectivity index (χ0) is 25.0. The molecule has 2 aliphatic heterocycles. The fourth-order valence-electron chi connectivity index (χ4n) is 4.78. The summed E-state index contributed by atoms with van der Waals surface area (Å²) in [5.74, 6) is 1.06. The van der Waals surface area contributed by atoms with Gasteiger partial charge in [0.1, 0.15) is 11.6 Å². The van der Waals surface area contributed by atoms with Crippen LogP contribution in [-0.4, -0.2) is 53.8 Å². The van der Waals surface area contributed by atoms with Crippen molar-refractivity contribution in [1.82, 2.24) is 24.3 Å². The van der Waals surface area contributed by atoms with Gasteiger partial charge in [0, 0.05) is 48.7 Å². The van der Waals surface area contributed by atoms with E-state index in [4.69, 9.17) is 5.73 Å².